The molecule has 1 fully saturated rings. The summed E-state index contributed by atoms with van der Waals surface area (Å²) in [4.78, 5) is 0. The Morgan fingerprint density at radius 2 is 2.00 bits per heavy atom. The van der Waals surface area contributed by atoms with Crippen LogP contribution in [0.5, 0.6) is 11.5 Å². The molecular formula is C14H19NO2. The molecule has 2 aliphatic rings. The maximum absolute atomic E-state index is 5.61. The van der Waals surface area contributed by atoms with Crippen LogP contribution in [0.4, 0.5) is 0 Å². The van der Waals surface area contributed by atoms with Gasteiger partial charge >= 0.3 is 0 Å². The van der Waals surface area contributed by atoms with Crippen molar-refractivity contribution in [3.05, 3.63) is 23.8 Å². The van der Waals surface area contributed by atoms with Crippen molar-refractivity contribution in [3.63, 3.8) is 0 Å². The molecule has 0 aromatic heterocycles. The Morgan fingerprint density at radius 3 is 2.82 bits per heavy atom. The van der Waals surface area contributed by atoms with Gasteiger partial charge in [0, 0.05) is 6.04 Å². The van der Waals surface area contributed by atoms with Crippen LogP contribution in [0.2, 0.25) is 0 Å². The molecule has 1 N–H and O–H groups in total. The van der Waals surface area contributed by atoms with Crippen LogP contribution in [0.25, 0.3) is 0 Å². The maximum atomic E-state index is 5.61. The van der Waals surface area contributed by atoms with Crippen molar-refractivity contribution < 1.29 is 9.47 Å². The molecule has 1 saturated heterocycles. The first kappa shape index (κ1) is 10.9. The van der Waals surface area contributed by atoms with Gasteiger partial charge in [-0.25, -0.2) is 0 Å². The highest BCUT2D eigenvalue weighted by Crippen LogP contribution is 2.31. The van der Waals surface area contributed by atoms with Crippen molar-refractivity contribution in [1.82, 2.24) is 5.32 Å². The summed E-state index contributed by atoms with van der Waals surface area (Å²) >= 11 is 0. The molecule has 0 amide bonds. The molecule has 1 aromatic rings. The van der Waals surface area contributed by atoms with Gasteiger partial charge in [-0.2, -0.15) is 0 Å². The van der Waals surface area contributed by atoms with Gasteiger partial charge in [-0.15, -0.1) is 0 Å². The molecule has 3 heteroatoms. The van der Waals surface area contributed by atoms with Crippen molar-refractivity contribution in [2.24, 2.45) is 0 Å². The van der Waals surface area contributed by atoms with Gasteiger partial charge in [0.25, 0.3) is 0 Å². The number of nitrogens with one attached hydrogen (secondary N) is 1. The van der Waals surface area contributed by atoms with Crippen molar-refractivity contribution >= 4 is 0 Å². The van der Waals surface area contributed by atoms with Crippen LogP contribution in [-0.4, -0.2) is 25.8 Å². The maximum Gasteiger partial charge on any atom is 0.161 e. The molecule has 0 saturated carbocycles. The highest BCUT2D eigenvalue weighted by Gasteiger charge is 2.16. The Bertz CT molecular complexity index is 386. The van der Waals surface area contributed by atoms with E-state index in [1.54, 1.807) is 0 Å². The minimum absolute atomic E-state index is 0.631. The normalized spacial score (nSPS) is 23.4. The number of piperidine rings is 1. The second kappa shape index (κ2) is 4.96. The standard InChI is InChI=1S/C14H19NO2/c1-2-6-15-12(3-1)9-11-4-5-13-14(10-11)17-8-7-16-13/h4-5,10,12,15H,1-3,6-9H2. The Kier molecular flexibility index (Phi) is 3.18. The average Bonchev–Trinajstić information content (AvgIpc) is 2.40. The molecule has 0 radical (unpaired) electrons. The van der Waals surface area contributed by atoms with Crippen molar-refractivity contribution in [3.8, 4) is 11.5 Å². The van der Waals surface area contributed by atoms with Crippen LogP contribution in [0.1, 0.15) is 24.8 Å². The second-order valence-corrected chi connectivity index (χ2v) is 4.83. The highest BCUT2D eigenvalue weighted by atomic mass is 16.6. The summed E-state index contributed by atoms with van der Waals surface area (Å²) in [5.74, 6) is 1.79. The summed E-state index contributed by atoms with van der Waals surface area (Å²) in [6.45, 7) is 2.49. The summed E-state index contributed by atoms with van der Waals surface area (Å²) in [6.07, 6.45) is 5.05. The molecule has 0 spiro atoms. The Hall–Kier alpha value is -1.22. The number of rotatable bonds is 2. The fourth-order valence-electron chi connectivity index (χ4n) is 2.60. The predicted molar refractivity (Wildman–Crippen MR) is 66.8 cm³/mol. The molecule has 3 nitrogen and oxygen atoms in total. The third-order valence-electron chi connectivity index (χ3n) is 3.50. The fourth-order valence-corrected chi connectivity index (χ4v) is 2.60. The zero-order valence-corrected chi connectivity index (χ0v) is 10.1. The van der Waals surface area contributed by atoms with Gasteiger partial charge in [0.1, 0.15) is 13.2 Å². The van der Waals surface area contributed by atoms with E-state index in [0.717, 1.165) is 24.5 Å². The van der Waals surface area contributed by atoms with Crippen LogP contribution in [0.15, 0.2) is 18.2 Å². The van der Waals surface area contributed by atoms with Crippen LogP contribution in [0.3, 0.4) is 0 Å². The first-order valence-corrected chi connectivity index (χ1v) is 6.54. The molecule has 0 aliphatic carbocycles. The van der Waals surface area contributed by atoms with E-state index in [4.69, 9.17) is 9.47 Å². The zero-order chi connectivity index (χ0) is 11.5. The first-order chi connectivity index (χ1) is 8.42. The Labute approximate surface area is 102 Å². The van der Waals surface area contributed by atoms with Gasteiger partial charge in [0.15, 0.2) is 11.5 Å². The predicted octanol–water partition coefficient (Wildman–Crippen LogP) is 2.14. The number of benzene rings is 1. The lowest BCUT2D eigenvalue weighted by atomic mass is 9.97. The van der Waals surface area contributed by atoms with Gasteiger partial charge in [-0.3, -0.25) is 0 Å². The van der Waals surface area contributed by atoms with Crippen LogP contribution >= 0.6 is 0 Å². The minimum Gasteiger partial charge on any atom is -0.486 e. The summed E-state index contributed by atoms with van der Waals surface area (Å²) in [6, 6.07) is 6.95. The third kappa shape index (κ3) is 2.55. The lowest BCUT2D eigenvalue weighted by Gasteiger charge is -2.24. The first-order valence-electron chi connectivity index (χ1n) is 6.54. The molecule has 2 heterocycles. The lowest BCUT2D eigenvalue weighted by molar-refractivity contribution is 0.171. The monoisotopic (exact) mass is 233 g/mol. The van der Waals surface area contributed by atoms with Crippen molar-refractivity contribution in [1.29, 1.82) is 0 Å². The zero-order valence-electron chi connectivity index (χ0n) is 10.1. The minimum atomic E-state index is 0.631. The van der Waals surface area contributed by atoms with E-state index < -0.39 is 0 Å². The van der Waals surface area contributed by atoms with E-state index in [1.807, 2.05) is 6.07 Å². The van der Waals surface area contributed by atoms with Crippen LogP contribution < -0.4 is 14.8 Å². The molecule has 0 bridgehead atoms. The van der Waals surface area contributed by atoms with E-state index in [2.05, 4.69) is 17.4 Å². The van der Waals surface area contributed by atoms with Crippen LogP contribution in [-0.2, 0) is 6.42 Å². The lowest BCUT2D eigenvalue weighted by Crippen LogP contribution is -2.35. The van der Waals surface area contributed by atoms with E-state index in [-0.39, 0.29) is 0 Å². The van der Waals surface area contributed by atoms with Gasteiger partial charge in [0.2, 0.25) is 0 Å². The number of hydrogen-bond acceptors (Lipinski definition) is 3. The topological polar surface area (TPSA) is 30.5 Å². The number of hydrogen-bond donors (Lipinski definition) is 1. The molecule has 2 aliphatic heterocycles. The molecular weight excluding hydrogens is 214 g/mol. The fraction of sp³-hybridized carbons (Fsp3) is 0.571. The quantitative estimate of drug-likeness (QED) is 0.849. The van der Waals surface area contributed by atoms with Gasteiger partial charge in [-0.1, -0.05) is 12.5 Å². The average molecular weight is 233 g/mol. The molecule has 1 unspecified atom stereocenters. The van der Waals surface area contributed by atoms with E-state index in [0.29, 0.717) is 19.3 Å². The van der Waals surface area contributed by atoms with Gasteiger partial charge < -0.3 is 14.8 Å². The summed E-state index contributed by atoms with van der Waals surface area (Å²) < 4.78 is 11.1. The largest absolute Gasteiger partial charge is 0.486 e. The van der Waals surface area contributed by atoms with E-state index in [9.17, 15) is 0 Å². The van der Waals surface area contributed by atoms with E-state index >= 15 is 0 Å². The summed E-state index contributed by atoms with van der Waals surface area (Å²) in [5.41, 5.74) is 1.34. The van der Waals surface area contributed by atoms with Crippen molar-refractivity contribution in [2.75, 3.05) is 19.8 Å². The van der Waals surface area contributed by atoms with Gasteiger partial charge in [-0.05, 0) is 43.5 Å². The SMILES string of the molecule is c1cc2c(cc1CC1CCCCN1)OCCO2. The molecule has 92 valence electrons. The summed E-state index contributed by atoms with van der Waals surface area (Å²) in [5, 5.41) is 3.58. The number of ether oxygens (including phenoxy) is 2. The number of fused-ring (bicyclic) bond motifs is 1. The van der Waals surface area contributed by atoms with E-state index in [1.165, 1.54) is 24.8 Å². The third-order valence-corrected chi connectivity index (χ3v) is 3.50. The van der Waals surface area contributed by atoms with Gasteiger partial charge in [0.05, 0.1) is 0 Å². The second-order valence-electron chi connectivity index (χ2n) is 4.83. The Morgan fingerprint density at radius 1 is 1.12 bits per heavy atom. The summed E-state index contributed by atoms with van der Waals surface area (Å²) in [7, 11) is 0. The Balaban J connectivity index is 1.70. The smallest absolute Gasteiger partial charge is 0.161 e. The molecule has 1 atom stereocenters. The molecule has 1 aromatic carbocycles. The molecule has 3 rings (SSSR count). The van der Waals surface area contributed by atoms with Crippen molar-refractivity contribution in [2.45, 2.75) is 31.7 Å². The highest BCUT2D eigenvalue weighted by molar-refractivity contribution is 5.44. The molecule has 17 heavy (non-hydrogen) atoms. The van der Waals surface area contributed by atoms with Crippen LogP contribution in [0, 0.1) is 0 Å².